The third-order valence-corrected chi connectivity index (χ3v) is 3.92. The van der Waals surface area contributed by atoms with Crippen LogP contribution in [0.3, 0.4) is 0 Å². The van der Waals surface area contributed by atoms with Crippen LogP contribution in [0.15, 0.2) is 65.5 Å². The van der Waals surface area contributed by atoms with Crippen molar-refractivity contribution in [3.8, 4) is 5.69 Å². The molecule has 0 saturated carbocycles. The van der Waals surface area contributed by atoms with E-state index in [1.165, 1.54) is 6.26 Å². The summed E-state index contributed by atoms with van der Waals surface area (Å²) in [5.41, 5.74) is 1.85. The van der Waals surface area contributed by atoms with Gasteiger partial charge in [0, 0.05) is 25.4 Å². The quantitative estimate of drug-likeness (QED) is 0.738. The third kappa shape index (κ3) is 4.00. The average Bonchev–Trinajstić information content (AvgIpc) is 3.33. The minimum Gasteiger partial charge on any atom is -0.459 e. The summed E-state index contributed by atoms with van der Waals surface area (Å²) in [5, 5.41) is 6.96. The number of rotatable bonds is 6. The van der Waals surface area contributed by atoms with Crippen molar-refractivity contribution >= 4 is 11.8 Å². The van der Waals surface area contributed by atoms with Crippen LogP contribution in [0.5, 0.6) is 0 Å². The molecule has 0 aliphatic carbocycles. The molecule has 0 unspecified atom stereocenters. The first-order valence-corrected chi connectivity index (χ1v) is 8.23. The van der Waals surface area contributed by atoms with Gasteiger partial charge in [-0.05, 0) is 31.2 Å². The van der Waals surface area contributed by atoms with Crippen molar-refractivity contribution in [2.75, 3.05) is 7.05 Å². The van der Waals surface area contributed by atoms with E-state index in [1.807, 2.05) is 36.5 Å². The summed E-state index contributed by atoms with van der Waals surface area (Å²) in [6, 6.07) is 12.2. The van der Waals surface area contributed by atoms with Crippen LogP contribution in [0.2, 0.25) is 0 Å². The number of carbonyl (C=O) groups excluding carboxylic acids is 2. The summed E-state index contributed by atoms with van der Waals surface area (Å²) in [6.45, 7) is 2.04. The fourth-order valence-electron chi connectivity index (χ4n) is 2.58. The SMILES string of the molecule is C[C@H](NC(=O)c1ccco1)C(=O)N(C)Cc1cnn(-c2ccccc2)c1. The van der Waals surface area contributed by atoms with Crippen LogP contribution in [-0.4, -0.2) is 39.6 Å². The Kier molecular flexibility index (Phi) is 5.17. The lowest BCUT2D eigenvalue weighted by Gasteiger charge is -2.21. The second-order valence-corrected chi connectivity index (χ2v) is 6.00. The molecule has 7 nitrogen and oxygen atoms in total. The van der Waals surface area contributed by atoms with Gasteiger partial charge < -0.3 is 14.6 Å². The Morgan fingerprint density at radius 3 is 2.69 bits per heavy atom. The molecule has 0 aliphatic heterocycles. The van der Waals surface area contributed by atoms with Crippen molar-refractivity contribution in [3.63, 3.8) is 0 Å². The van der Waals surface area contributed by atoms with E-state index in [-0.39, 0.29) is 11.7 Å². The molecule has 0 bridgehead atoms. The Balaban J connectivity index is 1.59. The fourth-order valence-corrected chi connectivity index (χ4v) is 2.58. The monoisotopic (exact) mass is 352 g/mol. The van der Waals surface area contributed by atoms with Crippen molar-refractivity contribution in [3.05, 3.63) is 72.4 Å². The number of furan rings is 1. The topological polar surface area (TPSA) is 80.4 Å². The molecule has 3 aromatic rings. The third-order valence-electron chi connectivity index (χ3n) is 3.92. The van der Waals surface area contributed by atoms with Gasteiger partial charge in [-0.1, -0.05) is 18.2 Å². The number of para-hydroxylation sites is 1. The number of carbonyl (C=O) groups is 2. The number of hydrogen-bond acceptors (Lipinski definition) is 4. The number of benzene rings is 1. The van der Waals surface area contributed by atoms with Crippen LogP contribution in [0, 0.1) is 0 Å². The maximum absolute atomic E-state index is 12.5. The summed E-state index contributed by atoms with van der Waals surface area (Å²) in [6.07, 6.45) is 5.02. The standard InChI is InChI=1S/C19H20N4O3/c1-14(21-18(24)17-9-6-10-26-17)19(25)22(2)12-15-11-20-23(13-15)16-7-4-3-5-8-16/h3-11,13-14H,12H2,1-2H3,(H,21,24)/t14-/m0/s1. The number of nitrogens with one attached hydrogen (secondary N) is 1. The Morgan fingerprint density at radius 2 is 2.00 bits per heavy atom. The van der Waals surface area contributed by atoms with Crippen molar-refractivity contribution in [1.82, 2.24) is 20.0 Å². The molecule has 2 amide bonds. The van der Waals surface area contributed by atoms with E-state index in [9.17, 15) is 9.59 Å². The highest BCUT2D eigenvalue weighted by Crippen LogP contribution is 2.10. The molecule has 134 valence electrons. The number of hydrogen-bond donors (Lipinski definition) is 1. The molecule has 0 fully saturated rings. The number of likely N-dealkylation sites (N-methyl/N-ethyl adjacent to an activating group) is 1. The number of nitrogens with zero attached hydrogens (tertiary/aromatic N) is 3. The molecular formula is C19H20N4O3. The zero-order chi connectivity index (χ0) is 18.5. The first kappa shape index (κ1) is 17.5. The Labute approximate surface area is 151 Å². The summed E-state index contributed by atoms with van der Waals surface area (Å²) < 4.78 is 6.79. The summed E-state index contributed by atoms with van der Waals surface area (Å²) in [7, 11) is 1.69. The second kappa shape index (κ2) is 7.69. The van der Waals surface area contributed by atoms with E-state index in [4.69, 9.17) is 4.42 Å². The van der Waals surface area contributed by atoms with Gasteiger partial charge in [0.05, 0.1) is 18.1 Å². The van der Waals surface area contributed by atoms with Crippen LogP contribution in [-0.2, 0) is 11.3 Å². The van der Waals surface area contributed by atoms with Gasteiger partial charge in [-0.15, -0.1) is 0 Å². The molecule has 2 heterocycles. The molecule has 3 rings (SSSR count). The van der Waals surface area contributed by atoms with E-state index in [0.29, 0.717) is 6.54 Å². The zero-order valence-electron chi connectivity index (χ0n) is 14.6. The van der Waals surface area contributed by atoms with Gasteiger partial charge in [0.25, 0.3) is 5.91 Å². The fraction of sp³-hybridized carbons (Fsp3) is 0.211. The van der Waals surface area contributed by atoms with Gasteiger partial charge in [-0.3, -0.25) is 9.59 Å². The van der Waals surface area contributed by atoms with Crippen LogP contribution < -0.4 is 5.32 Å². The van der Waals surface area contributed by atoms with Gasteiger partial charge in [-0.25, -0.2) is 4.68 Å². The largest absolute Gasteiger partial charge is 0.459 e. The summed E-state index contributed by atoms with van der Waals surface area (Å²) in [5.74, 6) is -0.435. The van der Waals surface area contributed by atoms with Gasteiger partial charge in [0.1, 0.15) is 6.04 Å². The highest BCUT2D eigenvalue weighted by Gasteiger charge is 2.21. The minimum absolute atomic E-state index is 0.177. The average molecular weight is 352 g/mol. The molecule has 2 aromatic heterocycles. The lowest BCUT2D eigenvalue weighted by molar-refractivity contribution is -0.132. The maximum Gasteiger partial charge on any atom is 0.287 e. The molecule has 1 aromatic carbocycles. The zero-order valence-corrected chi connectivity index (χ0v) is 14.6. The normalized spacial score (nSPS) is 11.8. The molecule has 0 radical (unpaired) electrons. The Bertz CT molecular complexity index is 871. The molecule has 7 heteroatoms. The van der Waals surface area contributed by atoms with E-state index < -0.39 is 11.9 Å². The molecule has 0 aliphatic rings. The van der Waals surface area contributed by atoms with E-state index in [0.717, 1.165) is 11.3 Å². The van der Waals surface area contributed by atoms with Crippen LogP contribution >= 0.6 is 0 Å². The lowest BCUT2D eigenvalue weighted by atomic mass is 10.2. The molecule has 0 spiro atoms. The summed E-state index contributed by atoms with van der Waals surface area (Å²) >= 11 is 0. The highest BCUT2D eigenvalue weighted by molar-refractivity contribution is 5.95. The van der Waals surface area contributed by atoms with Crippen molar-refractivity contribution < 1.29 is 14.0 Å². The van der Waals surface area contributed by atoms with Gasteiger partial charge >= 0.3 is 0 Å². The van der Waals surface area contributed by atoms with Gasteiger partial charge in [-0.2, -0.15) is 5.10 Å². The predicted octanol–water partition coefficient (Wildman–Crippen LogP) is 2.24. The van der Waals surface area contributed by atoms with Crippen LogP contribution in [0.1, 0.15) is 23.0 Å². The maximum atomic E-state index is 12.5. The first-order chi connectivity index (χ1) is 12.5. The first-order valence-electron chi connectivity index (χ1n) is 8.23. The van der Waals surface area contributed by atoms with Crippen LogP contribution in [0.4, 0.5) is 0 Å². The highest BCUT2D eigenvalue weighted by atomic mass is 16.3. The summed E-state index contributed by atoms with van der Waals surface area (Å²) in [4.78, 5) is 26.0. The van der Waals surface area contributed by atoms with Crippen molar-refractivity contribution in [2.45, 2.75) is 19.5 Å². The Hall–Kier alpha value is -3.35. The number of amides is 2. The van der Waals surface area contributed by atoms with Crippen LogP contribution in [0.25, 0.3) is 5.69 Å². The molecule has 1 N–H and O–H groups in total. The molecule has 0 saturated heterocycles. The smallest absolute Gasteiger partial charge is 0.287 e. The predicted molar refractivity (Wildman–Crippen MR) is 95.7 cm³/mol. The van der Waals surface area contributed by atoms with Gasteiger partial charge in [0.15, 0.2) is 5.76 Å². The van der Waals surface area contributed by atoms with E-state index in [1.54, 1.807) is 41.9 Å². The molecule has 1 atom stereocenters. The Morgan fingerprint density at radius 1 is 1.23 bits per heavy atom. The van der Waals surface area contributed by atoms with E-state index in [2.05, 4.69) is 10.4 Å². The minimum atomic E-state index is -0.665. The van der Waals surface area contributed by atoms with Gasteiger partial charge in [0.2, 0.25) is 5.91 Å². The molecule has 26 heavy (non-hydrogen) atoms. The van der Waals surface area contributed by atoms with Crippen molar-refractivity contribution in [2.24, 2.45) is 0 Å². The van der Waals surface area contributed by atoms with E-state index >= 15 is 0 Å². The number of aromatic nitrogens is 2. The van der Waals surface area contributed by atoms with Crippen molar-refractivity contribution in [1.29, 1.82) is 0 Å². The second-order valence-electron chi connectivity index (χ2n) is 6.00. The molecular weight excluding hydrogens is 332 g/mol. The lowest BCUT2D eigenvalue weighted by Crippen LogP contribution is -2.45.